The third-order valence-electron chi connectivity index (χ3n) is 4.60. The van der Waals surface area contributed by atoms with Gasteiger partial charge in [0.05, 0.1) is 11.5 Å². The Morgan fingerprint density at radius 3 is 2.18 bits per heavy atom. The number of carbonyl (C=O) groups excluding carboxylic acids is 1. The first kappa shape index (κ1) is 15.5. The fraction of sp³-hybridized carbons (Fsp3) is 0.588. The number of rotatable bonds is 4. The van der Waals surface area contributed by atoms with E-state index in [4.69, 9.17) is 0 Å². The van der Waals surface area contributed by atoms with Crippen molar-refractivity contribution in [3.8, 4) is 0 Å². The van der Waals surface area contributed by atoms with Gasteiger partial charge in [-0.1, -0.05) is 26.0 Å². The van der Waals surface area contributed by atoms with E-state index in [0.717, 1.165) is 12.8 Å². The highest BCUT2D eigenvalue weighted by molar-refractivity contribution is 7.91. The van der Waals surface area contributed by atoms with Crippen LogP contribution < -0.4 is 0 Å². The zero-order chi connectivity index (χ0) is 15.9. The van der Waals surface area contributed by atoms with Gasteiger partial charge in [-0.15, -0.1) is 0 Å². The van der Waals surface area contributed by atoms with Gasteiger partial charge < -0.3 is 4.90 Å². The highest BCUT2D eigenvalue weighted by atomic mass is 32.2. The first-order valence-electron chi connectivity index (χ1n) is 8.00. The molecule has 1 unspecified atom stereocenters. The van der Waals surface area contributed by atoms with Crippen molar-refractivity contribution >= 4 is 15.7 Å². The molecule has 4 nitrogen and oxygen atoms in total. The summed E-state index contributed by atoms with van der Waals surface area (Å²) >= 11 is 0. The van der Waals surface area contributed by atoms with Crippen molar-refractivity contribution < 1.29 is 13.2 Å². The van der Waals surface area contributed by atoms with E-state index in [1.807, 2.05) is 29.2 Å². The van der Waals surface area contributed by atoms with E-state index in [-0.39, 0.29) is 29.5 Å². The first-order chi connectivity index (χ1) is 10.4. The van der Waals surface area contributed by atoms with Crippen molar-refractivity contribution in [3.63, 3.8) is 0 Å². The van der Waals surface area contributed by atoms with Crippen molar-refractivity contribution in [1.29, 1.82) is 0 Å². The van der Waals surface area contributed by atoms with Gasteiger partial charge in [0.15, 0.2) is 9.84 Å². The summed E-state index contributed by atoms with van der Waals surface area (Å²) < 4.78 is 23.5. The topological polar surface area (TPSA) is 54.5 Å². The lowest BCUT2D eigenvalue weighted by molar-refractivity contribution is 0.0681. The molecule has 1 atom stereocenters. The Hall–Kier alpha value is -1.36. The zero-order valence-corrected chi connectivity index (χ0v) is 14.0. The van der Waals surface area contributed by atoms with Crippen LogP contribution in [-0.2, 0) is 9.84 Å². The lowest BCUT2D eigenvalue weighted by Gasteiger charge is -2.28. The van der Waals surface area contributed by atoms with Gasteiger partial charge in [0.2, 0.25) is 0 Å². The quantitative estimate of drug-likeness (QED) is 0.856. The molecule has 0 aromatic heterocycles. The second-order valence-corrected chi connectivity index (χ2v) is 9.01. The summed E-state index contributed by atoms with van der Waals surface area (Å²) in [5, 5.41) is 0. The van der Waals surface area contributed by atoms with Crippen LogP contribution in [0.15, 0.2) is 24.3 Å². The Morgan fingerprint density at radius 2 is 1.73 bits per heavy atom. The average molecular weight is 321 g/mol. The summed E-state index contributed by atoms with van der Waals surface area (Å²) in [4.78, 5) is 14.7. The van der Waals surface area contributed by atoms with E-state index in [1.165, 1.54) is 5.56 Å². The molecule has 1 amide bonds. The second-order valence-electron chi connectivity index (χ2n) is 6.78. The Morgan fingerprint density at radius 1 is 1.09 bits per heavy atom. The minimum Gasteiger partial charge on any atom is -0.332 e. The van der Waals surface area contributed by atoms with E-state index >= 15 is 0 Å². The van der Waals surface area contributed by atoms with Gasteiger partial charge in [-0.3, -0.25) is 4.79 Å². The van der Waals surface area contributed by atoms with Crippen LogP contribution in [0.5, 0.6) is 0 Å². The van der Waals surface area contributed by atoms with Crippen LogP contribution in [-0.4, -0.2) is 42.8 Å². The molecule has 1 aromatic carbocycles. The highest BCUT2D eigenvalue weighted by Crippen LogP contribution is 2.33. The maximum Gasteiger partial charge on any atom is 0.254 e. The predicted molar refractivity (Wildman–Crippen MR) is 86.8 cm³/mol. The molecule has 0 spiro atoms. The summed E-state index contributed by atoms with van der Waals surface area (Å²) in [5.74, 6) is 0.753. The molecule has 22 heavy (non-hydrogen) atoms. The molecule has 0 bridgehead atoms. The van der Waals surface area contributed by atoms with Gasteiger partial charge in [0.25, 0.3) is 5.91 Å². The maximum absolute atomic E-state index is 12.8. The number of hydrogen-bond acceptors (Lipinski definition) is 3. The number of benzene rings is 1. The SMILES string of the molecule is CC(C)c1ccc(C(=O)N(C2CC2)C2CCS(=O)(=O)C2)cc1. The smallest absolute Gasteiger partial charge is 0.254 e. The molecule has 1 heterocycles. The van der Waals surface area contributed by atoms with E-state index in [9.17, 15) is 13.2 Å². The summed E-state index contributed by atoms with van der Waals surface area (Å²) in [6.07, 6.45) is 2.56. The molecule has 120 valence electrons. The monoisotopic (exact) mass is 321 g/mol. The summed E-state index contributed by atoms with van der Waals surface area (Å²) in [6.45, 7) is 4.24. The third kappa shape index (κ3) is 3.19. The molecule has 1 aliphatic carbocycles. The van der Waals surface area contributed by atoms with Gasteiger partial charge in [0.1, 0.15) is 0 Å². The van der Waals surface area contributed by atoms with Gasteiger partial charge in [-0.25, -0.2) is 8.42 Å². The molecule has 1 saturated heterocycles. The van der Waals surface area contributed by atoms with Crippen LogP contribution in [0.4, 0.5) is 0 Å². The molecular weight excluding hydrogens is 298 g/mol. The Balaban J connectivity index is 1.81. The van der Waals surface area contributed by atoms with E-state index < -0.39 is 9.84 Å². The van der Waals surface area contributed by atoms with Crippen molar-refractivity contribution in [2.24, 2.45) is 0 Å². The van der Waals surface area contributed by atoms with Crippen LogP contribution in [0.1, 0.15) is 54.9 Å². The lowest BCUT2D eigenvalue weighted by Crippen LogP contribution is -2.42. The summed E-state index contributed by atoms with van der Waals surface area (Å²) in [6, 6.07) is 7.82. The standard InChI is InChI=1S/C17H23NO3S/c1-12(2)13-3-5-14(6-4-13)17(19)18(15-7-8-15)16-9-10-22(20,21)11-16/h3-6,12,15-16H,7-11H2,1-2H3. The maximum atomic E-state index is 12.8. The molecule has 0 radical (unpaired) electrons. The average Bonchev–Trinajstić information content (AvgIpc) is 3.23. The first-order valence-corrected chi connectivity index (χ1v) is 9.82. The van der Waals surface area contributed by atoms with Crippen LogP contribution in [0.2, 0.25) is 0 Å². The van der Waals surface area contributed by atoms with Gasteiger partial charge in [-0.05, 0) is 42.9 Å². The van der Waals surface area contributed by atoms with Crippen LogP contribution in [0.25, 0.3) is 0 Å². The minimum atomic E-state index is -2.97. The molecule has 1 aliphatic heterocycles. The van der Waals surface area contributed by atoms with Crippen molar-refractivity contribution in [2.75, 3.05) is 11.5 Å². The number of amides is 1. The number of nitrogens with zero attached hydrogens (tertiary/aromatic N) is 1. The largest absolute Gasteiger partial charge is 0.332 e. The van der Waals surface area contributed by atoms with Gasteiger partial charge in [-0.2, -0.15) is 0 Å². The second kappa shape index (κ2) is 5.69. The fourth-order valence-corrected chi connectivity index (χ4v) is 4.85. The van der Waals surface area contributed by atoms with Gasteiger partial charge in [0, 0.05) is 17.6 Å². The van der Waals surface area contributed by atoms with Crippen LogP contribution in [0, 0.1) is 0 Å². The van der Waals surface area contributed by atoms with Crippen molar-refractivity contribution in [2.45, 2.75) is 51.1 Å². The molecule has 3 rings (SSSR count). The van der Waals surface area contributed by atoms with E-state index in [0.29, 0.717) is 17.9 Å². The predicted octanol–water partition coefficient (Wildman–Crippen LogP) is 2.60. The zero-order valence-electron chi connectivity index (χ0n) is 13.2. The normalized spacial score (nSPS) is 23.7. The Kier molecular flexibility index (Phi) is 4.02. The molecule has 1 saturated carbocycles. The molecule has 2 fully saturated rings. The highest BCUT2D eigenvalue weighted by Gasteiger charge is 2.42. The van der Waals surface area contributed by atoms with Crippen LogP contribution in [0.3, 0.4) is 0 Å². The number of carbonyl (C=O) groups is 1. The fourth-order valence-electron chi connectivity index (χ4n) is 3.14. The minimum absolute atomic E-state index is 0.0140. The third-order valence-corrected chi connectivity index (χ3v) is 6.35. The van der Waals surface area contributed by atoms with Crippen molar-refractivity contribution in [3.05, 3.63) is 35.4 Å². The van der Waals surface area contributed by atoms with Gasteiger partial charge >= 0.3 is 0 Å². The van der Waals surface area contributed by atoms with E-state index in [1.54, 1.807) is 0 Å². The number of sulfone groups is 1. The molecule has 5 heteroatoms. The number of hydrogen-bond donors (Lipinski definition) is 0. The Labute approximate surface area is 132 Å². The molecule has 1 aromatic rings. The lowest BCUT2D eigenvalue weighted by atomic mass is 10.0. The Bertz CT molecular complexity index is 660. The molecule has 0 N–H and O–H groups in total. The van der Waals surface area contributed by atoms with Crippen LogP contribution >= 0.6 is 0 Å². The molecular formula is C17H23NO3S. The summed E-state index contributed by atoms with van der Waals surface area (Å²) in [7, 11) is -2.97. The van der Waals surface area contributed by atoms with Crippen molar-refractivity contribution in [1.82, 2.24) is 4.90 Å². The molecule has 2 aliphatic rings. The van der Waals surface area contributed by atoms with E-state index in [2.05, 4.69) is 13.8 Å². The summed E-state index contributed by atoms with van der Waals surface area (Å²) in [5.41, 5.74) is 1.87.